The molecule has 10 heteroatoms. The summed E-state index contributed by atoms with van der Waals surface area (Å²) in [5, 5.41) is 0.314. The fourth-order valence-corrected chi connectivity index (χ4v) is 2.67. The van der Waals surface area contributed by atoms with E-state index in [0.717, 1.165) is 6.08 Å². The van der Waals surface area contributed by atoms with Gasteiger partial charge in [-0.05, 0) is 12.5 Å². The van der Waals surface area contributed by atoms with E-state index >= 15 is 0 Å². The molecule has 1 amide bonds. The van der Waals surface area contributed by atoms with Crippen LogP contribution in [-0.2, 0) is 28.6 Å². The Morgan fingerprint density at radius 1 is 1.33 bits per heavy atom. The van der Waals surface area contributed by atoms with Crippen LogP contribution in [0.3, 0.4) is 0 Å². The van der Waals surface area contributed by atoms with Gasteiger partial charge >= 0.3 is 11.9 Å². The number of benzene rings is 1. The Balaban J connectivity index is 0.00000364. The molecule has 0 fully saturated rings. The van der Waals surface area contributed by atoms with Gasteiger partial charge in [0.2, 0.25) is 5.91 Å². The number of primary amides is 1. The minimum absolute atomic E-state index is 0. The lowest BCUT2D eigenvalue weighted by Crippen LogP contribution is -2.37. The average molecular weight is 464 g/mol. The second kappa shape index (κ2) is 10.3. The predicted octanol–water partition coefficient (Wildman–Crippen LogP) is 1.55. The molecule has 0 saturated carbocycles. The number of halogens is 2. The third-order valence-electron chi connectivity index (χ3n) is 3.75. The minimum Gasteiger partial charge on any atom is -0.497 e. The van der Waals surface area contributed by atoms with Crippen LogP contribution in [0.1, 0.15) is 24.5 Å². The summed E-state index contributed by atoms with van der Waals surface area (Å²) in [6.07, 6.45) is -0.932. The van der Waals surface area contributed by atoms with Crippen LogP contribution in [0.4, 0.5) is 0 Å². The summed E-state index contributed by atoms with van der Waals surface area (Å²) in [6.45, 7) is 0. The number of rotatable bonds is 8. The molecular formula is C17H20BrClN2O6. The van der Waals surface area contributed by atoms with E-state index in [1.807, 2.05) is 0 Å². The Labute approximate surface area is 171 Å². The first-order valence-electron chi connectivity index (χ1n) is 7.78. The fourth-order valence-electron chi connectivity index (χ4n) is 2.42. The van der Waals surface area contributed by atoms with Crippen LogP contribution >= 0.6 is 28.6 Å². The Hall–Kier alpha value is -2.10. The Morgan fingerprint density at radius 2 is 2.00 bits per heavy atom. The largest absolute Gasteiger partial charge is 0.497 e. The molecule has 27 heavy (non-hydrogen) atoms. The Kier molecular flexibility index (Phi) is 8.74. The van der Waals surface area contributed by atoms with E-state index in [9.17, 15) is 14.4 Å². The van der Waals surface area contributed by atoms with Gasteiger partial charge in [0, 0.05) is 17.0 Å². The van der Waals surface area contributed by atoms with Gasteiger partial charge in [-0.3, -0.25) is 9.59 Å². The number of carbonyl (C=O) groups is 3. The third kappa shape index (κ3) is 5.95. The fraction of sp³-hybridized carbons (Fsp3) is 0.353. The molecule has 148 valence electrons. The molecule has 1 aliphatic rings. The van der Waals surface area contributed by atoms with Crippen LogP contribution in [0.5, 0.6) is 0 Å². The summed E-state index contributed by atoms with van der Waals surface area (Å²) in [5.41, 5.74) is 11.2. The molecule has 1 aromatic carbocycles. The van der Waals surface area contributed by atoms with Gasteiger partial charge in [0.05, 0.1) is 13.2 Å². The second-order valence-corrected chi connectivity index (χ2v) is 6.01. The monoisotopic (exact) mass is 462 g/mol. The van der Waals surface area contributed by atoms with E-state index in [4.69, 9.17) is 37.3 Å². The maximum atomic E-state index is 12.3. The highest BCUT2D eigenvalue weighted by Crippen LogP contribution is 2.35. The van der Waals surface area contributed by atoms with Gasteiger partial charge in [-0.1, -0.05) is 29.8 Å². The zero-order valence-electron chi connectivity index (χ0n) is 14.4. The summed E-state index contributed by atoms with van der Waals surface area (Å²) in [5.74, 6) is -1.80. The number of methoxy groups -OCH3 is 1. The number of nitrogens with two attached hydrogens (primary N) is 2. The van der Waals surface area contributed by atoms with Crippen LogP contribution in [-0.4, -0.2) is 37.1 Å². The first-order chi connectivity index (χ1) is 12.3. The molecule has 4 N–H and O–H groups in total. The maximum Gasteiger partial charge on any atom is 0.335 e. The van der Waals surface area contributed by atoms with Gasteiger partial charge in [-0.25, -0.2) is 4.79 Å². The minimum atomic E-state index is -1.07. The smallest absolute Gasteiger partial charge is 0.335 e. The lowest BCUT2D eigenvalue weighted by Gasteiger charge is -2.26. The van der Waals surface area contributed by atoms with Gasteiger partial charge in [0.1, 0.15) is 11.8 Å². The number of ether oxygens (including phenoxy) is 3. The standard InChI is InChI=1S/C17H19ClN2O6.BrH/c1-24-12-8-14(22)25-16(12)15(9-4-2-3-5-10(9)18)26-17(23)11(19)6-7-13(20)21;/h2-5,8,11,15-16H,6-7,19H2,1H3,(H2,20,21);1H/t11-,15?,16?;/m0./s1. The van der Waals surface area contributed by atoms with E-state index < -0.39 is 36.1 Å². The third-order valence-corrected chi connectivity index (χ3v) is 4.10. The zero-order chi connectivity index (χ0) is 19.3. The molecule has 2 rings (SSSR count). The molecule has 2 unspecified atom stereocenters. The van der Waals surface area contributed by atoms with E-state index in [1.165, 1.54) is 7.11 Å². The number of amides is 1. The van der Waals surface area contributed by atoms with Crippen LogP contribution in [0.25, 0.3) is 0 Å². The number of carbonyl (C=O) groups excluding carboxylic acids is 3. The van der Waals surface area contributed by atoms with E-state index in [1.54, 1.807) is 24.3 Å². The molecule has 8 nitrogen and oxygen atoms in total. The van der Waals surface area contributed by atoms with Gasteiger partial charge in [0.25, 0.3) is 0 Å². The maximum absolute atomic E-state index is 12.3. The van der Waals surface area contributed by atoms with E-state index in [2.05, 4.69) is 0 Å². The Morgan fingerprint density at radius 3 is 2.59 bits per heavy atom. The first kappa shape index (κ1) is 22.9. The van der Waals surface area contributed by atoms with E-state index in [0.29, 0.717) is 10.6 Å². The molecule has 0 radical (unpaired) electrons. The average Bonchev–Trinajstić information content (AvgIpc) is 2.98. The lowest BCUT2D eigenvalue weighted by molar-refractivity contribution is -0.164. The Bertz CT molecular complexity index is 742. The van der Waals surface area contributed by atoms with Gasteiger partial charge in [0.15, 0.2) is 12.2 Å². The molecule has 0 bridgehead atoms. The van der Waals surface area contributed by atoms with Crippen molar-refractivity contribution in [3.05, 3.63) is 46.7 Å². The molecule has 0 spiro atoms. The molecule has 0 aliphatic carbocycles. The highest BCUT2D eigenvalue weighted by atomic mass is 79.9. The van der Waals surface area contributed by atoms with Gasteiger partial charge in [-0.15, -0.1) is 17.0 Å². The number of cyclic esters (lactones) is 1. The van der Waals surface area contributed by atoms with Crippen molar-refractivity contribution in [2.75, 3.05) is 7.11 Å². The number of hydrogen-bond acceptors (Lipinski definition) is 7. The molecular weight excluding hydrogens is 444 g/mol. The van der Waals surface area contributed by atoms with E-state index in [-0.39, 0.29) is 35.6 Å². The number of esters is 2. The quantitative estimate of drug-likeness (QED) is 0.559. The van der Waals surface area contributed by atoms with Crippen molar-refractivity contribution in [1.82, 2.24) is 0 Å². The number of hydrogen-bond donors (Lipinski definition) is 2. The molecule has 0 aromatic heterocycles. The van der Waals surface area contributed by atoms with Crippen LogP contribution in [0.2, 0.25) is 5.02 Å². The summed E-state index contributed by atoms with van der Waals surface area (Å²) in [4.78, 5) is 34.8. The van der Waals surface area contributed by atoms with Crippen LogP contribution in [0, 0.1) is 0 Å². The molecule has 1 aliphatic heterocycles. The van der Waals surface area contributed by atoms with Crippen LogP contribution in [0.15, 0.2) is 36.1 Å². The highest BCUT2D eigenvalue weighted by molar-refractivity contribution is 8.93. The summed E-state index contributed by atoms with van der Waals surface area (Å²) in [6, 6.07) is 5.57. The van der Waals surface area contributed by atoms with Crippen molar-refractivity contribution in [3.63, 3.8) is 0 Å². The van der Waals surface area contributed by atoms with Crippen molar-refractivity contribution in [2.24, 2.45) is 11.5 Å². The highest BCUT2D eigenvalue weighted by Gasteiger charge is 2.40. The van der Waals surface area contributed by atoms with Gasteiger partial charge < -0.3 is 25.7 Å². The topological polar surface area (TPSA) is 131 Å². The van der Waals surface area contributed by atoms with Crippen molar-refractivity contribution in [1.29, 1.82) is 0 Å². The van der Waals surface area contributed by atoms with Crippen molar-refractivity contribution in [2.45, 2.75) is 31.1 Å². The molecule has 0 saturated heterocycles. The zero-order valence-corrected chi connectivity index (χ0v) is 16.9. The predicted molar refractivity (Wildman–Crippen MR) is 102 cm³/mol. The van der Waals surface area contributed by atoms with Gasteiger partial charge in [-0.2, -0.15) is 0 Å². The molecule has 1 heterocycles. The normalized spacial score (nSPS) is 17.8. The second-order valence-electron chi connectivity index (χ2n) is 5.60. The molecule has 1 aromatic rings. The summed E-state index contributed by atoms with van der Waals surface area (Å²) < 4.78 is 15.8. The summed E-state index contributed by atoms with van der Waals surface area (Å²) in [7, 11) is 1.37. The lowest BCUT2D eigenvalue weighted by atomic mass is 10.0. The first-order valence-corrected chi connectivity index (χ1v) is 8.16. The van der Waals surface area contributed by atoms with Crippen LogP contribution < -0.4 is 11.5 Å². The van der Waals surface area contributed by atoms with Crippen molar-refractivity contribution in [3.8, 4) is 0 Å². The SMILES string of the molecule is Br.COC1=CC(=O)OC1C(OC(=O)[C@@H](N)CCC(N)=O)c1ccccc1Cl. The summed E-state index contributed by atoms with van der Waals surface area (Å²) >= 11 is 6.21. The molecule has 3 atom stereocenters. The van der Waals surface area contributed by atoms with Crippen molar-refractivity contribution >= 4 is 46.4 Å². The van der Waals surface area contributed by atoms with Crippen molar-refractivity contribution < 1.29 is 28.6 Å².